The summed E-state index contributed by atoms with van der Waals surface area (Å²) in [7, 11) is -1.20. The highest BCUT2D eigenvalue weighted by molar-refractivity contribution is 7.90. The van der Waals surface area contributed by atoms with Crippen molar-refractivity contribution in [2.75, 3.05) is 11.7 Å². The fraction of sp³-hybridized carbons (Fsp3) is 0.0870. The molecular formula is C23H19N5O2S2. The minimum Gasteiger partial charge on any atom is -0.350 e. The van der Waals surface area contributed by atoms with E-state index in [0.29, 0.717) is 5.95 Å². The first-order valence-corrected chi connectivity index (χ1v) is 12.6. The number of aryl methyl sites for hydroxylation is 1. The number of nitrogens with zero attached hydrogens (tertiary/aromatic N) is 4. The molecule has 32 heavy (non-hydrogen) atoms. The van der Waals surface area contributed by atoms with Crippen LogP contribution < -0.4 is 5.43 Å². The zero-order valence-electron chi connectivity index (χ0n) is 17.4. The molecule has 9 heteroatoms. The summed E-state index contributed by atoms with van der Waals surface area (Å²) in [5.41, 5.74) is 7.56. The zero-order valence-corrected chi connectivity index (χ0v) is 19.0. The van der Waals surface area contributed by atoms with Crippen LogP contribution in [0.15, 0.2) is 76.2 Å². The van der Waals surface area contributed by atoms with Crippen molar-refractivity contribution in [1.82, 2.24) is 14.5 Å². The number of rotatable bonds is 5. The smallest absolute Gasteiger partial charge is 0.244 e. The van der Waals surface area contributed by atoms with E-state index in [-0.39, 0.29) is 4.90 Å². The molecule has 3 heterocycles. The van der Waals surface area contributed by atoms with E-state index < -0.39 is 9.84 Å². The molecule has 7 nitrogen and oxygen atoms in total. The van der Waals surface area contributed by atoms with Crippen molar-refractivity contribution in [3.63, 3.8) is 0 Å². The summed E-state index contributed by atoms with van der Waals surface area (Å²) in [5, 5.41) is 7.38. The summed E-state index contributed by atoms with van der Waals surface area (Å²) in [5.74, 6) is 0.392. The second-order valence-electron chi connectivity index (χ2n) is 7.41. The normalized spacial score (nSPS) is 12.2. The maximum atomic E-state index is 11.6. The van der Waals surface area contributed by atoms with Crippen molar-refractivity contribution < 1.29 is 8.42 Å². The Morgan fingerprint density at radius 3 is 2.62 bits per heavy atom. The van der Waals surface area contributed by atoms with Crippen LogP contribution in [0.5, 0.6) is 0 Å². The van der Waals surface area contributed by atoms with Crippen molar-refractivity contribution in [2.24, 2.45) is 12.1 Å². The molecule has 0 aliphatic heterocycles. The molecule has 5 rings (SSSR count). The minimum absolute atomic E-state index is 0.272. The zero-order chi connectivity index (χ0) is 22.3. The van der Waals surface area contributed by atoms with Gasteiger partial charge in [0.1, 0.15) is 0 Å². The van der Waals surface area contributed by atoms with Crippen LogP contribution in [0.3, 0.4) is 0 Å². The van der Waals surface area contributed by atoms with Crippen LogP contribution in [0.25, 0.3) is 32.4 Å². The lowest BCUT2D eigenvalue weighted by Crippen LogP contribution is -1.99. The Labute approximate surface area is 189 Å². The van der Waals surface area contributed by atoms with Gasteiger partial charge in [-0.2, -0.15) is 5.10 Å². The minimum atomic E-state index is -3.22. The van der Waals surface area contributed by atoms with Crippen molar-refractivity contribution in [1.29, 1.82) is 0 Å². The molecular weight excluding hydrogens is 442 g/mol. The maximum absolute atomic E-state index is 11.6. The monoisotopic (exact) mass is 461 g/mol. The lowest BCUT2D eigenvalue weighted by molar-refractivity contribution is 0.602. The van der Waals surface area contributed by atoms with Crippen LogP contribution >= 0.6 is 11.3 Å². The Bertz CT molecular complexity index is 1580. The highest BCUT2D eigenvalue weighted by Gasteiger charge is 2.16. The average molecular weight is 462 g/mol. The lowest BCUT2D eigenvalue weighted by Gasteiger charge is -2.05. The van der Waals surface area contributed by atoms with Gasteiger partial charge in [0, 0.05) is 36.0 Å². The SMILES string of the molecule is Cn1cc(-c2nc(N/N=C/c3ccc(S(C)(=O)=O)cc3)nc3ccsc23)c2ccccc21. The number of nitrogens with one attached hydrogen (secondary N) is 1. The summed E-state index contributed by atoms with van der Waals surface area (Å²) >= 11 is 1.61. The van der Waals surface area contributed by atoms with Crippen molar-refractivity contribution in [3.05, 3.63) is 71.7 Å². The van der Waals surface area contributed by atoms with Gasteiger partial charge in [0.2, 0.25) is 5.95 Å². The number of fused-ring (bicyclic) bond motifs is 2. The van der Waals surface area contributed by atoms with E-state index >= 15 is 0 Å². The molecule has 5 aromatic rings. The summed E-state index contributed by atoms with van der Waals surface area (Å²) in [6.45, 7) is 0. The number of hydrogen-bond donors (Lipinski definition) is 1. The Morgan fingerprint density at radius 1 is 1.06 bits per heavy atom. The van der Waals surface area contributed by atoms with E-state index in [1.807, 2.05) is 30.6 Å². The maximum Gasteiger partial charge on any atom is 0.244 e. The number of sulfone groups is 1. The molecule has 3 aromatic heterocycles. The van der Waals surface area contributed by atoms with Crippen LogP contribution in [0.1, 0.15) is 5.56 Å². The third-order valence-corrected chi connectivity index (χ3v) is 7.18. The van der Waals surface area contributed by atoms with Gasteiger partial charge >= 0.3 is 0 Å². The molecule has 0 atom stereocenters. The van der Waals surface area contributed by atoms with E-state index in [0.717, 1.165) is 37.9 Å². The Balaban J connectivity index is 1.49. The van der Waals surface area contributed by atoms with Crippen LogP contribution in [0.2, 0.25) is 0 Å². The van der Waals surface area contributed by atoms with E-state index in [4.69, 9.17) is 4.98 Å². The number of para-hydroxylation sites is 1. The van der Waals surface area contributed by atoms with Crippen LogP contribution in [0.4, 0.5) is 5.95 Å². The molecule has 160 valence electrons. The number of aromatic nitrogens is 3. The van der Waals surface area contributed by atoms with Gasteiger partial charge in [-0.05, 0) is 35.2 Å². The molecule has 2 aromatic carbocycles. The fourth-order valence-electron chi connectivity index (χ4n) is 3.59. The molecule has 0 fully saturated rings. The van der Waals surface area contributed by atoms with Crippen LogP contribution in [-0.4, -0.2) is 35.4 Å². The first kappa shape index (κ1) is 20.3. The number of hydrogen-bond acceptors (Lipinski definition) is 7. The van der Waals surface area contributed by atoms with Crippen molar-refractivity contribution in [2.45, 2.75) is 4.90 Å². The molecule has 0 amide bonds. The Hall–Kier alpha value is -3.56. The first-order valence-electron chi connectivity index (χ1n) is 9.79. The van der Waals surface area contributed by atoms with E-state index in [9.17, 15) is 8.42 Å². The second kappa shape index (κ2) is 7.85. The molecule has 0 aliphatic rings. The first-order chi connectivity index (χ1) is 15.4. The number of benzene rings is 2. The van der Waals surface area contributed by atoms with E-state index in [1.54, 1.807) is 41.8 Å². The predicted molar refractivity (Wildman–Crippen MR) is 130 cm³/mol. The summed E-state index contributed by atoms with van der Waals surface area (Å²) in [6, 6.07) is 16.7. The molecule has 1 N–H and O–H groups in total. The lowest BCUT2D eigenvalue weighted by atomic mass is 10.1. The molecule has 0 bridgehead atoms. The van der Waals surface area contributed by atoms with Gasteiger partial charge in [-0.25, -0.2) is 23.8 Å². The molecule has 0 saturated heterocycles. The summed E-state index contributed by atoms with van der Waals surface area (Å²) in [6.07, 6.45) is 4.87. The standard InChI is InChI=1S/C23H19N5O2S2/c1-28-14-18(17-5-3-4-6-20(17)28)21-22-19(11-12-31-22)25-23(26-21)27-24-13-15-7-9-16(10-8-15)32(2,29)30/h3-14H,1-2H3,(H,25,26,27)/b24-13+. The third kappa shape index (κ3) is 3.76. The second-order valence-corrected chi connectivity index (χ2v) is 10.3. The highest BCUT2D eigenvalue weighted by atomic mass is 32.2. The van der Waals surface area contributed by atoms with Gasteiger partial charge in [-0.3, -0.25) is 0 Å². The molecule has 0 saturated carbocycles. The van der Waals surface area contributed by atoms with Gasteiger partial charge in [0.05, 0.1) is 27.0 Å². The fourth-order valence-corrected chi connectivity index (χ4v) is 5.06. The van der Waals surface area contributed by atoms with Gasteiger partial charge in [0.15, 0.2) is 9.84 Å². The van der Waals surface area contributed by atoms with Gasteiger partial charge in [-0.15, -0.1) is 11.3 Å². The number of anilines is 1. The highest BCUT2D eigenvalue weighted by Crippen LogP contribution is 2.36. The van der Waals surface area contributed by atoms with Crippen molar-refractivity contribution in [3.8, 4) is 11.3 Å². The molecule has 0 radical (unpaired) electrons. The molecule has 0 spiro atoms. The van der Waals surface area contributed by atoms with E-state index in [1.165, 1.54) is 6.26 Å². The Morgan fingerprint density at radius 2 is 1.84 bits per heavy atom. The number of hydrazone groups is 1. The summed E-state index contributed by atoms with van der Waals surface area (Å²) < 4.78 is 26.3. The molecule has 0 unspecified atom stereocenters. The largest absolute Gasteiger partial charge is 0.350 e. The quantitative estimate of drug-likeness (QED) is 0.303. The Kier molecular flexibility index (Phi) is 4.99. The third-order valence-electron chi connectivity index (χ3n) is 5.14. The summed E-state index contributed by atoms with van der Waals surface area (Å²) in [4.78, 5) is 9.61. The predicted octanol–water partition coefficient (Wildman–Crippen LogP) is 4.70. The average Bonchev–Trinajstić information content (AvgIpc) is 3.38. The van der Waals surface area contributed by atoms with Gasteiger partial charge < -0.3 is 4.57 Å². The van der Waals surface area contributed by atoms with E-state index in [2.05, 4.69) is 38.4 Å². The van der Waals surface area contributed by atoms with Crippen LogP contribution in [0, 0.1) is 0 Å². The van der Waals surface area contributed by atoms with Crippen LogP contribution in [-0.2, 0) is 16.9 Å². The van der Waals surface area contributed by atoms with Gasteiger partial charge in [0.25, 0.3) is 0 Å². The van der Waals surface area contributed by atoms with Gasteiger partial charge in [-0.1, -0.05) is 30.3 Å². The van der Waals surface area contributed by atoms with Crippen molar-refractivity contribution >= 4 is 54.5 Å². The topological polar surface area (TPSA) is 89.2 Å². The molecule has 0 aliphatic carbocycles. The number of thiophene rings is 1.